The van der Waals surface area contributed by atoms with E-state index in [-0.39, 0.29) is 5.69 Å². The summed E-state index contributed by atoms with van der Waals surface area (Å²) in [5, 5.41) is 0.421. The van der Waals surface area contributed by atoms with E-state index < -0.39 is 26.6 Å². The maximum Gasteiger partial charge on any atom is 0.196 e. The van der Waals surface area contributed by atoms with Crippen LogP contribution < -0.4 is 4.74 Å². The van der Waals surface area contributed by atoms with Crippen LogP contribution in [-0.4, -0.2) is 41.9 Å². The molecule has 0 spiro atoms. The minimum atomic E-state index is -3.49. The number of hydrogen-bond donors (Lipinski definition) is 0. The lowest BCUT2D eigenvalue weighted by molar-refractivity contribution is 0.101. The summed E-state index contributed by atoms with van der Waals surface area (Å²) in [4.78, 5) is 17.1. The van der Waals surface area contributed by atoms with Gasteiger partial charge < -0.3 is 9.30 Å². The van der Waals surface area contributed by atoms with Gasteiger partial charge in [-0.1, -0.05) is 36.4 Å². The van der Waals surface area contributed by atoms with Gasteiger partial charge in [-0.15, -0.1) is 0 Å². The molecule has 2 aromatic heterocycles. The highest BCUT2D eigenvalue weighted by molar-refractivity contribution is 7.92. The zero-order valence-electron chi connectivity index (χ0n) is 18.9. The second kappa shape index (κ2) is 9.19. The Morgan fingerprint density at radius 3 is 2.45 bits per heavy atom. The first-order valence-electron chi connectivity index (χ1n) is 10.7. The zero-order valence-corrected chi connectivity index (χ0v) is 19.7. The summed E-state index contributed by atoms with van der Waals surface area (Å²) < 4.78 is 31.9. The highest BCUT2D eigenvalue weighted by atomic mass is 32.2. The van der Waals surface area contributed by atoms with E-state index in [4.69, 9.17) is 4.74 Å². The summed E-state index contributed by atoms with van der Waals surface area (Å²) in [5.74, 6) is -0.255. The number of rotatable bonds is 8. The van der Waals surface area contributed by atoms with Crippen molar-refractivity contribution >= 4 is 26.5 Å². The van der Waals surface area contributed by atoms with E-state index in [1.54, 1.807) is 33.1 Å². The third kappa shape index (κ3) is 4.83. The molecule has 0 saturated carbocycles. The molecule has 0 saturated heterocycles. The van der Waals surface area contributed by atoms with Crippen LogP contribution in [0, 0.1) is 0 Å². The van der Waals surface area contributed by atoms with Crippen molar-refractivity contribution in [3.8, 4) is 17.0 Å². The lowest BCUT2D eigenvalue weighted by Crippen LogP contribution is -2.24. The Hall–Kier alpha value is -3.45. The monoisotopic (exact) mass is 462 g/mol. The van der Waals surface area contributed by atoms with Gasteiger partial charge in [-0.05, 0) is 55.8 Å². The van der Waals surface area contributed by atoms with Gasteiger partial charge in [0.05, 0.1) is 24.6 Å². The molecule has 0 fully saturated rings. The molecule has 4 rings (SSSR count). The van der Waals surface area contributed by atoms with Gasteiger partial charge in [0.1, 0.15) is 17.2 Å². The predicted molar refractivity (Wildman–Crippen MR) is 131 cm³/mol. The van der Waals surface area contributed by atoms with Crippen LogP contribution >= 0.6 is 0 Å². The molecule has 6 nitrogen and oxygen atoms in total. The number of benzene rings is 2. The summed E-state index contributed by atoms with van der Waals surface area (Å²) >= 11 is 0. The number of carbonyl (C=O) groups excluding carboxylic acids is 1. The number of ether oxygens (including phenoxy) is 1. The fourth-order valence-corrected chi connectivity index (χ4v) is 4.55. The Kier molecular flexibility index (Phi) is 6.33. The standard InChI is InChI=1S/C26H26N2O4S/c1-18(2)33(30,31)17-26(29)23-11-7-10-21(27-23)16-28-24-13-12-22(32-3)14-20(24)15-25(28)19-8-5-4-6-9-19/h4-15,18H,16-17H2,1-3H3. The van der Waals surface area contributed by atoms with Crippen molar-refractivity contribution in [2.45, 2.75) is 25.6 Å². The number of ketones is 1. The number of aromatic nitrogens is 2. The average Bonchev–Trinajstić information content (AvgIpc) is 3.16. The Labute approximate surface area is 193 Å². The molecule has 33 heavy (non-hydrogen) atoms. The number of methoxy groups -OCH3 is 1. The van der Waals surface area contributed by atoms with Crippen LogP contribution in [0.2, 0.25) is 0 Å². The second-order valence-corrected chi connectivity index (χ2v) is 10.8. The fourth-order valence-electron chi connectivity index (χ4n) is 3.70. The lowest BCUT2D eigenvalue weighted by Gasteiger charge is -2.12. The number of carbonyl (C=O) groups is 1. The number of sulfone groups is 1. The lowest BCUT2D eigenvalue weighted by atomic mass is 10.1. The topological polar surface area (TPSA) is 78.3 Å². The van der Waals surface area contributed by atoms with Crippen molar-refractivity contribution < 1.29 is 17.9 Å². The number of fused-ring (bicyclic) bond motifs is 1. The molecule has 7 heteroatoms. The molecule has 2 heterocycles. The van der Waals surface area contributed by atoms with E-state index in [1.165, 1.54) is 0 Å². The molecule has 170 valence electrons. The number of hydrogen-bond acceptors (Lipinski definition) is 5. The molecule has 0 aliphatic rings. The number of pyridine rings is 1. The molecular formula is C26H26N2O4S. The van der Waals surface area contributed by atoms with Crippen LogP contribution in [0.15, 0.2) is 72.8 Å². The van der Waals surface area contributed by atoms with E-state index in [0.29, 0.717) is 12.2 Å². The van der Waals surface area contributed by atoms with E-state index >= 15 is 0 Å². The molecule has 0 bridgehead atoms. The molecular weight excluding hydrogens is 436 g/mol. The van der Waals surface area contributed by atoms with Gasteiger partial charge in [0.15, 0.2) is 15.6 Å². The third-order valence-corrected chi connectivity index (χ3v) is 7.74. The molecule has 2 aromatic carbocycles. The van der Waals surface area contributed by atoms with Crippen molar-refractivity contribution in [2.24, 2.45) is 0 Å². The van der Waals surface area contributed by atoms with E-state index in [1.807, 2.05) is 54.6 Å². The number of Topliss-reactive ketones (excluding diaryl/α,β-unsaturated/α-hetero) is 1. The van der Waals surface area contributed by atoms with Crippen LogP contribution in [0.1, 0.15) is 30.0 Å². The molecule has 4 aromatic rings. The molecule has 0 radical (unpaired) electrons. The molecule has 0 atom stereocenters. The summed E-state index contributed by atoms with van der Waals surface area (Å²) in [7, 11) is -1.85. The minimum Gasteiger partial charge on any atom is -0.497 e. The van der Waals surface area contributed by atoms with Crippen LogP contribution in [0.5, 0.6) is 5.75 Å². The summed E-state index contributed by atoms with van der Waals surface area (Å²) in [6.07, 6.45) is 0. The largest absolute Gasteiger partial charge is 0.497 e. The van der Waals surface area contributed by atoms with Crippen LogP contribution in [0.4, 0.5) is 0 Å². The van der Waals surface area contributed by atoms with Gasteiger partial charge in [0.25, 0.3) is 0 Å². The van der Waals surface area contributed by atoms with Crippen molar-refractivity contribution in [3.05, 3.63) is 84.2 Å². The number of nitrogens with zero attached hydrogens (tertiary/aromatic N) is 2. The highest BCUT2D eigenvalue weighted by Gasteiger charge is 2.22. The molecule has 0 aliphatic heterocycles. The molecule has 0 unspecified atom stereocenters. The highest BCUT2D eigenvalue weighted by Crippen LogP contribution is 2.31. The molecule has 0 aliphatic carbocycles. The molecule has 0 amide bonds. The predicted octanol–water partition coefficient (Wildman–Crippen LogP) is 4.77. The average molecular weight is 463 g/mol. The van der Waals surface area contributed by atoms with E-state index in [0.717, 1.165) is 27.9 Å². The first kappa shape index (κ1) is 22.7. The van der Waals surface area contributed by atoms with Crippen LogP contribution in [-0.2, 0) is 16.4 Å². The SMILES string of the molecule is COc1ccc2c(c1)cc(-c1ccccc1)n2Cc1cccc(C(=O)CS(=O)(=O)C(C)C)n1. The Balaban J connectivity index is 1.73. The van der Waals surface area contributed by atoms with Crippen LogP contribution in [0.3, 0.4) is 0 Å². The summed E-state index contributed by atoms with van der Waals surface area (Å²) in [5.41, 5.74) is 3.92. The Morgan fingerprint density at radius 1 is 1.00 bits per heavy atom. The van der Waals surface area contributed by atoms with Gasteiger partial charge in [-0.3, -0.25) is 4.79 Å². The zero-order chi connectivity index (χ0) is 23.6. The van der Waals surface area contributed by atoms with Crippen molar-refractivity contribution in [2.75, 3.05) is 12.9 Å². The summed E-state index contributed by atoms with van der Waals surface area (Å²) in [6.45, 7) is 3.57. The van der Waals surface area contributed by atoms with Crippen LogP contribution in [0.25, 0.3) is 22.2 Å². The smallest absolute Gasteiger partial charge is 0.196 e. The quantitative estimate of drug-likeness (QED) is 0.353. The molecule has 0 N–H and O–H groups in total. The minimum absolute atomic E-state index is 0.163. The van der Waals surface area contributed by atoms with Gasteiger partial charge in [0.2, 0.25) is 0 Å². The Morgan fingerprint density at radius 2 is 1.76 bits per heavy atom. The maximum absolute atomic E-state index is 12.6. The first-order valence-corrected chi connectivity index (χ1v) is 12.4. The van der Waals surface area contributed by atoms with Gasteiger partial charge >= 0.3 is 0 Å². The van der Waals surface area contributed by atoms with Gasteiger partial charge in [0, 0.05) is 16.6 Å². The van der Waals surface area contributed by atoms with E-state index in [9.17, 15) is 13.2 Å². The maximum atomic E-state index is 12.6. The third-order valence-electron chi connectivity index (χ3n) is 5.64. The van der Waals surface area contributed by atoms with Crippen molar-refractivity contribution in [1.29, 1.82) is 0 Å². The van der Waals surface area contributed by atoms with Gasteiger partial charge in [-0.25, -0.2) is 13.4 Å². The van der Waals surface area contributed by atoms with Crippen molar-refractivity contribution in [3.63, 3.8) is 0 Å². The van der Waals surface area contributed by atoms with E-state index in [2.05, 4.69) is 15.6 Å². The Bertz CT molecular complexity index is 1410. The summed E-state index contributed by atoms with van der Waals surface area (Å²) in [6, 6.07) is 23.2. The normalized spacial score (nSPS) is 11.8. The first-order chi connectivity index (χ1) is 15.8. The van der Waals surface area contributed by atoms with Gasteiger partial charge in [-0.2, -0.15) is 0 Å². The van der Waals surface area contributed by atoms with Crippen molar-refractivity contribution in [1.82, 2.24) is 9.55 Å². The fraction of sp³-hybridized carbons (Fsp3) is 0.231. The second-order valence-electron chi connectivity index (χ2n) is 8.20.